The van der Waals surface area contributed by atoms with E-state index < -0.39 is 0 Å². The highest BCUT2D eigenvalue weighted by Gasteiger charge is 2.35. The van der Waals surface area contributed by atoms with E-state index in [0.29, 0.717) is 22.2 Å². The largest absolute Gasteiger partial charge is 0.322 e. The number of nitrogens with one attached hydrogen (secondary N) is 2. The van der Waals surface area contributed by atoms with Gasteiger partial charge in [0, 0.05) is 23.8 Å². The van der Waals surface area contributed by atoms with E-state index in [2.05, 4.69) is 36.5 Å². The van der Waals surface area contributed by atoms with Gasteiger partial charge in [-0.25, -0.2) is 0 Å². The Bertz CT molecular complexity index is 1190. The van der Waals surface area contributed by atoms with Gasteiger partial charge in [0.15, 0.2) is 0 Å². The smallest absolute Gasteiger partial charge is 0.274 e. The molecule has 2 aromatic heterocycles. The number of aryl methyl sites for hydroxylation is 2. The van der Waals surface area contributed by atoms with Gasteiger partial charge in [-0.2, -0.15) is 5.10 Å². The molecule has 7 heteroatoms. The van der Waals surface area contributed by atoms with Crippen LogP contribution >= 0.6 is 11.3 Å². The Balaban J connectivity index is 1.70. The zero-order chi connectivity index (χ0) is 23.8. The van der Waals surface area contributed by atoms with Gasteiger partial charge < -0.3 is 10.6 Å². The second-order valence-electron chi connectivity index (χ2n) is 9.55. The van der Waals surface area contributed by atoms with Gasteiger partial charge >= 0.3 is 0 Å². The van der Waals surface area contributed by atoms with Crippen LogP contribution in [0.15, 0.2) is 36.5 Å². The van der Waals surface area contributed by atoms with E-state index in [-0.39, 0.29) is 17.2 Å². The van der Waals surface area contributed by atoms with Crippen LogP contribution in [0.4, 0.5) is 10.7 Å². The first-order valence-electron chi connectivity index (χ1n) is 11.5. The minimum Gasteiger partial charge on any atom is -0.322 e. The molecule has 1 aliphatic rings. The van der Waals surface area contributed by atoms with Gasteiger partial charge in [-0.3, -0.25) is 14.3 Å². The third-order valence-corrected chi connectivity index (χ3v) is 8.35. The highest BCUT2D eigenvalue weighted by Crippen LogP contribution is 2.45. The summed E-state index contributed by atoms with van der Waals surface area (Å²) < 4.78 is 1.54. The van der Waals surface area contributed by atoms with E-state index in [0.717, 1.165) is 42.5 Å². The number of hydrogen-bond acceptors (Lipinski definition) is 4. The number of amides is 2. The molecule has 0 spiro atoms. The van der Waals surface area contributed by atoms with Crippen LogP contribution in [0.3, 0.4) is 0 Å². The van der Waals surface area contributed by atoms with Crippen LogP contribution in [-0.2, 0) is 19.9 Å². The Morgan fingerprint density at radius 3 is 2.61 bits per heavy atom. The number of benzene rings is 1. The molecule has 4 rings (SSSR count). The molecule has 0 radical (unpaired) electrons. The maximum Gasteiger partial charge on any atom is 0.274 e. The molecule has 2 amide bonds. The van der Waals surface area contributed by atoms with Crippen LogP contribution < -0.4 is 10.6 Å². The Morgan fingerprint density at radius 1 is 1.18 bits per heavy atom. The van der Waals surface area contributed by atoms with Gasteiger partial charge in [-0.05, 0) is 60.8 Å². The van der Waals surface area contributed by atoms with Crippen molar-refractivity contribution in [3.63, 3.8) is 0 Å². The standard InChI is InChI=1S/C26H32N4O2S/c1-6-26(3,4)17-11-12-18-21(15-17)33-25(29-23(31)20-13-14-27-30(20)5)22(18)24(32)28-19-10-8-7-9-16(19)2/h7-10,13-14,17H,6,11-12,15H2,1-5H3,(H,28,32)(H,29,31). The fraction of sp³-hybridized carbons (Fsp3) is 0.423. The molecule has 3 aromatic rings. The summed E-state index contributed by atoms with van der Waals surface area (Å²) in [7, 11) is 1.73. The maximum absolute atomic E-state index is 13.5. The number of hydrogen-bond donors (Lipinski definition) is 2. The van der Waals surface area contributed by atoms with Crippen molar-refractivity contribution in [3.8, 4) is 0 Å². The predicted molar refractivity (Wildman–Crippen MR) is 134 cm³/mol. The molecule has 6 nitrogen and oxygen atoms in total. The molecule has 33 heavy (non-hydrogen) atoms. The lowest BCUT2D eigenvalue weighted by Gasteiger charge is -2.36. The van der Waals surface area contributed by atoms with Crippen LogP contribution in [0.1, 0.15) is 70.5 Å². The number of carbonyl (C=O) groups excluding carboxylic acids is 2. The van der Waals surface area contributed by atoms with Crippen LogP contribution in [0.2, 0.25) is 0 Å². The van der Waals surface area contributed by atoms with Crippen molar-refractivity contribution in [2.24, 2.45) is 18.4 Å². The second kappa shape index (κ2) is 9.14. The van der Waals surface area contributed by atoms with E-state index in [1.54, 1.807) is 30.6 Å². The molecule has 2 N–H and O–H groups in total. The summed E-state index contributed by atoms with van der Waals surface area (Å²) in [6.45, 7) is 8.87. The molecule has 1 atom stereocenters. The van der Waals surface area contributed by atoms with Crippen LogP contribution in [0.5, 0.6) is 0 Å². The summed E-state index contributed by atoms with van der Waals surface area (Å²) in [5, 5.41) is 10.8. The quantitative estimate of drug-likeness (QED) is 0.481. The number of anilines is 2. The van der Waals surface area contributed by atoms with E-state index >= 15 is 0 Å². The first kappa shape index (κ1) is 23.2. The second-order valence-corrected chi connectivity index (χ2v) is 10.7. The van der Waals surface area contributed by atoms with Crippen LogP contribution in [0, 0.1) is 18.3 Å². The molecule has 0 bridgehead atoms. The average Bonchev–Trinajstić information content (AvgIpc) is 3.37. The lowest BCUT2D eigenvalue weighted by atomic mass is 9.69. The number of para-hydroxylation sites is 1. The van der Waals surface area contributed by atoms with Gasteiger partial charge in [0.2, 0.25) is 0 Å². The molecular weight excluding hydrogens is 432 g/mol. The summed E-state index contributed by atoms with van der Waals surface area (Å²) in [5.74, 6) is 0.126. The highest BCUT2D eigenvalue weighted by molar-refractivity contribution is 7.17. The van der Waals surface area contributed by atoms with Crippen molar-refractivity contribution < 1.29 is 9.59 Å². The third-order valence-electron chi connectivity index (χ3n) is 7.18. The van der Waals surface area contributed by atoms with Crippen molar-refractivity contribution in [2.75, 3.05) is 10.6 Å². The molecule has 1 aromatic carbocycles. The molecule has 1 unspecified atom stereocenters. The number of fused-ring (bicyclic) bond motifs is 1. The molecular formula is C26H32N4O2S. The molecule has 0 fully saturated rings. The summed E-state index contributed by atoms with van der Waals surface area (Å²) in [6.07, 6.45) is 5.54. The van der Waals surface area contributed by atoms with Crippen molar-refractivity contribution in [2.45, 2.75) is 53.4 Å². The number of carbonyl (C=O) groups is 2. The highest BCUT2D eigenvalue weighted by atomic mass is 32.1. The zero-order valence-electron chi connectivity index (χ0n) is 20.0. The van der Waals surface area contributed by atoms with Gasteiger partial charge in [-0.1, -0.05) is 45.4 Å². The SMILES string of the molecule is CCC(C)(C)C1CCc2c(sc(NC(=O)c3ccnn3C)c2C(=O)Nc2ccccc2C)C1. The maximum atomic E-state index is 13.5. The minimum absolute atomic E-state index is 0.171. The van der Waals surface area contributed by atoms with Crippen molar-refractivity contribution >= 4 is 33.8 Å². The van der Waals surface area contributed by atoms with Crippen molar-refractivity contribution in [3.05, 3.63) is 63.8 Å². The first-order valence-corrected chi connectivity index (χ1v) is 12.3. The van der Waals surface area contributed by atoms with E-state index in [9.17, 15) is 9.59 Å². The molecule has 2 heterocycles. The van der Waals surface area contributed by atoms with Crippen molar-refractivity contribution in [1.29, 1.82) is 0 Å². The topological polar surface area (TPSA) is 76.0 Å². The number of aromatic nitrogens is 2. The Kier molecular flexibility index (Phi) is 6.43. The van der Waals surface area contributed by atoms with Gasteiger partial charge in [0.1, 0.15) is 10.7 Å². The average molecular weight is 465 g/mol. The summed E-state index contributed by atoms with van der Waals surface area (Å²) in [5.41, 5.74) is 4.16. The first-order chi connectivity index (χ1) is 15.7. The number of thiophene rings is 1. The minimum atomic E-state index is -0.260. The van der Waals surface area contributed by atoms with Gasteiger partial charge in [-0.15, -0.1) is 11.3 Å². The fourth-order valence-corrected chi connectivity index (χ4v) is 5.85. The van der Waals surface area contributed by atoms with Gasteiger partial charge in [0.05, 0.1) is 5.56 Å². The van der Waals surface area contributed by atoms with E-state index in [1.165, 1.54) is 9.56 Å². The number of rotatable bonds is 6. The summed E-state index contributed by atoms with van der Waals surface area (Å²) >= 11 is 1.54. The molecule has 174 valence electrons. The monoisotopic (exact) mass is 464 g/mol. The van der Waals surface area contributed by atoms with E-state index in [4.69, 9.17) is 0 Å². The van der Waals surface area contributed by atoms with Gasteiger partial charge in [0.25, 0.3) is 11.8 Å². The fourth-order valence-electron chi connectivity index (χ4n) is 4.53. The Hall–Kier alpha value is -2.93. The zero-order valence-corrected chi connectivity index (χ0v) is 20.8. The molecule has 0 aliphatic heterocycles. The van der Waals surface area contributed by atoms with Crippen LogP contribution in [0.25, 0.3) is 0 Å². The Labute approximate surface area is 199 Å². The lowest BCUT2D eigenvalue weighted by molar-refractivity contribution is 0.101. The lowest BCUT2D eigenvalue weighted by Crippen LogP contribution is -2.29. The molecule has 0 saturated heterocycles. The Morgan fingerprint density at radius 2 is 1.94 bits per heavy atom. The summed E-state index contributed by atoms with van der Waals surface area (Å²) in [6, 6.07) is 9.41. The van der Waals surface area contributed by atoms with Crippen molar-refractivity contribution in [1.82, 2.24) is 9.78 Å². The number of nitrogens with zero attached hydrogens (tertiary/aromatic N) is 2. The molecule has 1 aliphatic carbocycles. The third kappa shape index (κ3) is 4.60. The predicted octanol–water partition coefficient (Wildman–Crippen LogP) is 5.84. The normalized spacial score (nSPS) is 15.7. The molecule has 0 saturated carbocycles. The summed E-state index contributed by atoms with van der Waals surface area (Å²) in [4.78, 5) is 27.7. The van der Waals surface area contributed by atoms with E-state index in [1.807, 2.05) is 31.2 Å². The van der Waals surface area contributed by atoms with Crippen LogP contribution in [-0.4, -0.2) is 21.6 Å².